The number of carbonyl (C=O) groups is 1. The maximum atomic E-state index is 13.1. The fraction of sp³-hybridized carbons (Fsp3) is 0.444. The summed E-state index contributed by atoms with van der Waals surface area (Å²) in [6, 6.07) is 5.45. The van der Waals surface area contributed by atoms with Crippen molar-refractivity contribution in [2.75, 3.05) is 13.1 Å². The number of carbonyl (C=O) groups excluding carboxylic acids is 1. The van der Waals surface area contributed by atoms with Crippen LogP contribution in [-0.2, 0) is 6.54 Å². The van der Waals surface area contributed by atoms with Gasteiger partial charge >= 0.3 is 0 Å². The van der Waals surface area contributed by atoms with Crippen molar-refractivity contribution in [1.82, 2.24) is 15.2 Å². The van der Waals surface area contributed by atoms with Gasteiger partial charge in [-0.2, -0.15) is 11.3 Å². The molecule has 0 radical (unpaired) electrons. The number of amides is 1. The van der Waals surface area contributed by atoms with E-state index in [1.807, 2.05) is 10.3 Å². The Balaban J connectivity index is 0.00000182. The maximum Gasteiger partial charge on any atom is 0.254 e. The minimum absolute atomic E-state index is 0. The second-order valence-electron chi connectivity index (χ2n) is 6.84. The molecule has 5 nitrogen and oxygen atoms in total. The van der Waals surface area contributed by atoms with Crippen LogP contribution in [0.3, 0.4) is 0 Å². The van der Waals surface area contributed by atoms with Crippen LogP contribution in [-0.4, -0.2) is 34.9 Å². The Hall–Kier alpha value is -1.63. The van der Waals surface area contributed by atoms with E-state index in [-0.39, 0.29) is 35.3 Å². The quantitative estimate of drug-likeness (QED) is 0.858. The molecule has 7 heteroatoms. The Bertz CT molecular complexity index is 784. The van der Waals surface area contributed by atoms with Crippen LogP contribution < -0.4 is 10.9 Å². The van der Waals surface area contributed by atoms with Crippen LogP contribution in [0.1, 0.15) is 35.2 Å². The van der Waals surface area contributed by atoms with Crippen molar-refractivity contribution in [2.24, 2.45) is 5.41 Å². The second kappa shape index (κ2) is 7.32. The average molecular weight is 380 g/mol. The summed E-state index contributed by atoms with van der Waals surface area (Å²) < 4.78 is 0. The largest absolute Gasteiger partial charge is 0.331 e. The lowest BCUT2D eigenvalue weighted by Crippen LogP contribution is -2.39. The van der Waals surface area contributed by atoms with Gasteiger partial charge in [-0.05, 0) is 66.2 Å². The van der Waals surface area contributed by atoms with Crippen molar-refractivity contribution in [1.29, 1.82) is 0 Å². The molecule has 2 aromatic heterocycles. The van der Waals surface area contributed by atoms with E-state index in [4.69, 9.17) is 0 Å². The number of rotatable bonds is 4. The summed E-state index contributed by atoms with van der Waals surface area (Å²) in [5.41, 5.74) is 1.68. The summed E-state index contributed by atoms with van der Waals surface area (Å²) in [6.45, 7) is 2.68. The molecule has 1 saturated heterocycles. The highest BCUT2D eigenvalue weighted by Crippen LogP contribution is 2.56. The van der Waals surface area contributed by atoms with Crippen LogP contribution in [0.5, 0.6) is 0 Å². The summed E-state index contributed by atoms with van der Waals surface area (Å²) >= 11 is 1.65. The standard InChI is InChI=1S/C18H21N3O2S.ClH/c22-16-9-14(1-5-20-16)17(23)21(11-13-2-8-24-12-13)15-10-18(15)3-6-19-7-4-18;/h1-2,5,8-9,12,15,19H,3-4,6-7,10-11H2,(H,20,22);1H. The van der Waals surface area contributed by atoms with Crippen molar-refractivity contribution in [3.63, 3.8) is 0 Å². The molecule has 1 amide bonds. The Morgan fingerprint density at radius 1 is 1.32 bits per heavy atom. The summed E-state index contributed by atoms with van der Waals surface area (Å²) in [6.07, 6.45) is 4.88. The third-order valence-corrected chi connectivity index (χ3v) is 6.07. The number of nitrogens with zero attached hydrogens (tertiary/aromatic N) is 1. The topological polar surface area (TPSA) is 65.2 Å². The summed E-state index contributed by atoms with van der Waals surface area (Å²) in [5.74, 6) is -0.0345. The number of piperidine rings is 1. The number of pyridine rings is 1. The van der Waals surface area contributed by atoms with Gasteiger partial charge in [-0.25, -0.2) is 0 Å². The first-order valence-electron chi connectivity index (χ1n) is 8.39. The van der Waals surface area contributed by atoms with Crippen LogP contribution >= 0.6 is 23.7 Å². The van der Waals surface area contributed by atoms with Gasteiger partial charge in [0.15, 0.2) is 0 Å². The van der Waals surface area contributed by atoms with Crippen molar-refractivity contribution in [3.8, 4) is 0 Å². The molecule has 2 N–H and O–H groups in total. The van der Waals surface area contributed by atoms with Gasteiger partial charge in [0.25, 0.3) is 5.91 Å². The highest BCUT2D eigenvalue weighted by molar-refractivity contribution is 7.07. The molecule has 1 atom stereocenters. The maximum absolute atomic E-state index is 13.1. The van der Waals surface area contributed by atoms with E-state index in [2.05, 4.69) is 21.7 Å². The molecule has 0 aromatic carbocycles. The van der Waals surface area contributed by atoms with Crippen LogP contribution in [0.2, 0.25) is 0 Å². The molecule has 2 aliphatic rings. The zero-order valence-corrected chi connectivity index (χ0v) is 15.5. The molecule has 0 bridgehead atoms. The summed E-state index contributed by atoms with van der Waals surface area (Å²) in [5, 5.41) is 7.54. The lowest BCUT2D eigenvalue weighted by molar-refractivity contribution is 0.0692. The Labute approximate surface area is 156 Å². The molecular formula is C18H22ClN3O2S. The first kappa shape index (κ1) is 18.2. The van der Waals surface area contributed by atoms with E-state index in [0.29, 0.717) is 12.1 Å². The highest BCUT2D eigenvalue weighted by Gasteiger charge is 2.57. The number of aromatic amines is 1. The zero-order valence-electron chi connectivity index (χ0n) is 13.9. The lowest BCUT2D eigenvalue weighted by Gasteiger charge is -2.29. The molecule has 1 saturated carbocycles. The van der Waals surface area contributed by atoms with Crippen LogP contribution in [0, 0.1) is 5.41 Å². The number of thiophene rings is 1. The molecule has 1 aliphatic carbocycles. The fourth-order valence-electron chi connectivity index (χ4n) is 3.88. The second-order valence-corrected chi connectivity index (χ2v) is 7.62. The number of H-pyrrole nitrogens is 1. The molecule has 25 heavy (non-hydrogen) atoms. The van der Waals surface area contributed by atoms with Gasteiger partial charge in [0.1, 0.15) is 0 Å². The Morgan fingerprint density at radius 3 is 2.80 bits per heavy atom. The van der Waals surface area contributed by atoms with E-state index in [1.165, 1.54) is 6.07 Å². The molecule has 1 unspecified atom stereocenters. The van der Waals surface area contributed by atoms with E-state index in [9.17, 15) is 9.59 Å². The normalized spacial score (nSPS) is 20.7. The van der Waals surface area contributed by atoms with Crippen molar-refractivity contribution < 1.29 is 4.79 Å². The third-order valence-electron chi connectivity index (χ3n) is 5.34. The summed E-state index contributed by atoms with van der Waals surface area (Å²) in [7, 11) is 0. The van der Waals surface area contributed by atoms with Gasteiger partial charge in [-0.15, -0.1) is 12.4 Å². The predicted molar refractivity (Wildman–Crippen MR) is 101 cm³/mol. The average Bonchev–Trinajstić information content (AvgIpc) is 3.04. The first-order chi connectivity index (χ1) is 11.7. The van der Waals surface area contributed by atoms with E-state index < -0.39 is 0 Å². The Morgan fingerprint density at radius 2 is 2.12 bits per heavy atom. The van der Waals surface area contributed by atoms with Crippen LogP contribution in [0.25, 0.3) is 0 Å². The minimum Gasteiger partial charge on any atom is -0.331 e. The van der Waals surface area contributed by atoms with Gasteiger partial charge in [0.2, 0.25) is 5.56 Å². The van der Waals surface area contributed by atoms with E-state index in [1.54, 1.807) is 23.6 Å². The molecule has 2 fully saturated rings. The van der Waals surface area contributed by atoms with Crippen LogP contribution in [0.15, 0.2) is 40.0 Å². The Kier molecular flexibility index (Phi) is 5.32. The van der Waals surface area contributed by atoms with Gasteiger partial charge in [-0.1, -0.05) is 0 Å². The predicted octanol–water partition coefficient (Wildman–Crippen LogP) is 2.64. The van der Waals surface area contributed by atoms with Gasteiger partial charge in [-0.3, -0.25) is 9.59 Å². The molecular weight excluding hydrogens is 358 g/mol. The number of nitrogens with one attached hydrogen (secondary N) is 2. The lowest BCUT2D eigenvalue weighted by atomic mass is 9.93. The van der Waals surface area contributed by atoms with Crippen molar-refractivity contribution in [2.45, 2.75) is 31.8 Å². The highest BCUT2D eigenvalue weighted by atomic mass is 35.5. The number of halogens is 1. The van der Waals surface area contributed by atoms with Crippen molar-refractivity contribution >= 4 is 29.7 Å². The molecule has 1 spiro atoms. The fourth-order valence-corrected chi connectivity index (χ4v) is 4.54. The minimum atomic E-state index is -0.233. The smallest absolute Gasteiger partial charge is 0.254 e. The molecule has 2 aromatic rings. The van der Waals surface area contributed by atoms with E-state index >= 15 is 0 Å². The van der Waals surface area contributed by atoms with E-state index in [0.717, 1.165) is 37.9 Å². The summed E-state index contributed by atoms with van der Waals surface area (Å²) in [4.78, 5) is 29.2. The third kappa shape index (κ3) is 3.66. The first-order valence-corrected chi connectivity index (χ1v) is 9.34. The zero-order chi connectivity index (χ0) is 16.6. The van der Waals surface area contributed by atoms with Gasteiger partial charge < -0.3 is 15.2 Å². The number of hydrogen-bond donors (Lipinski definition) is 2. The van der Waals surface area contributed by atoms with Gasteiger partial charge in [0, 0.05) is 30.4 Å². The van der Waals surface area contributed by atoms with Gasteiger partial charge in [0.05, 0.1) is 0 Å². The molecule has 134 valence electrons. The molecule has 4 rings (SSSR count). The number of hydrogen-bond acceptors (Lipinski definition) is 4. The molecule has 3 heterocycles. The monoisotopic (exact) mass is 379 g/mol. The molecule has 1 aliphatic heterocycles. The SMILES string of the molecule is Cl.O=C(c1cc[nH]c(=O)c1)N(Cc1ccsc1)C1CC12CCNCC2. The number of aromatic nitrogens is 1. The van der Waals surface area contributed by atoms with Crippen LogP contribution in [0.4, 0.5) is 0 Å². The van der Waals surface area contributed by atoms with Crippen molar-refractivity contribution in [3.05, 3.63) is 56.6 Å².